The van der Waals surface area contributed by atoms with Crippen molar-refractivity contribution in [2.75, 3.05) is 6.54 Å². The molecule has 6 fully saturated rings. The van der Waals surface area contributed by atoms with E-state index in [2.05, 4.69) is 33.0 Å². The highest BCUT2D eigenvalue weighted by atomic mass is 16.6. The number of ether oxygens (including phenoxy) is 1. The van der Waals surface area contributed by atoms with E-state index < -0.39 is 45.9 Å². The highest BCUT2D eigenvalue weighted by molar-refractivity contribution is 5.95. The molecule has 8 heteroatoms. The first kappa shape index (κ1) is 36.5. The number of allylic oxidation sites excluding steroid dienone is 1. The number of hydrogen-bond acceptors (Lipinski definition) is 7. The Kier molecular flexibility index (Phi) is 9.40. The molecule has 0 aromatic carbocycles. The first-order valence-electron chi connectivity index (χ1n) is 20.4. The maximum Gasteiger partial charge on any atom is 0.159 e. The number of aliphatic hydroxyl groups is 4. The molecule has 278 valence electrons. The van der Waals surface area contributed by atoms with Gasteiger partial charge in [0.1, 0.15) is 18.4 Å². The summed E-state index contributed by atoms with van der Waals surface area (Å²) >= 11 is 0. The van der Waals surface area contributed by atoms with Gasteiger partial charge in [-0.2, -0.15) is 0 Å². The van der Waals surface area contributed by atoms with Crippen molar-refractivity contribution < 1.29 is 35.3 Å². The fourth-order valence-corrected chi connectivity index (χ4v) is 13.5. The molecule has 8 nitrogen and oxygen atoms in total. The smallest absolute Gasteiger partial charge is 0.159 e. The second-order valence-corrected chi connectivity index (χ2v) is 19.4. The summed E-state index contributed by atoms with van der Waals surface area (Å²) in [7, 11) is 0. The molecule has 0 aromatic heterocycles. The van der Waals surface area contributed by atoms with Crippen LogP contribution >= 0.6 is 0 Å². The van der Waals surface area contributed by atoms with Crippen LogP contribution in [0.2, 0.25) is 0 Å². The Morgan fingerprint density at radius 3 is 2.39 bits per heavy atom. The van der Waals surface area contributed by atoms with Crippen molar-refractivity contribution in [2.24, 2.45) is 51.6 Å². The minimum atomic E-state index is -1.20. The number of nitrogens with two attached hydrogens (primary N) is 2. The summed E-state index contributed by atoms with van der Waals surface area (Å²) in [6.45, 7) is 11.5. The van der Waals surface area contributed by atoms with Crippen LogP contribution in [0, 0.1) is 45.8 Å². The summed E-state index contributed by atoms with van der Waals surface area (Å²) in [6, 6.07) is 0. The lowest BCUT2D eigenvalue weighted by Crippen LogP contribution is -2.94. The van der Waals surface area contributed by atoms with E-state index >= 15 is 0 Å². The van der Waals surface area contributed by atoms with Crippen LogP contribution in [0.1, 0.15) is 144 Å². The van der Waals surface area contributed by atoms with E-state index in [0.29, 0.717) is 37.5 Å². The Hall–Kier alpha value is -0.870. The molecule has 7 rings (SSSR count). The average molecular weight is 686 g/mol. The maximum absolute atomic E-state index is 14.1. The Balaban J connectivity index is 1.15. The minimum Gasteiger partial charge on any atom is -0.393 e. The molecule has 0 aromatic rings. The van der Waals surface area contributed by atoms with Gasteiger partial charge in [0.05, 0.1) is 29.5 Å². The van der Waals surface area contributed by atoms with Crippen molar-refractivity contribution in [3.63, 3.8) is 0 Å². The lowest BCUT2D eigenvalue weighted by Gasteiger charge is -2.63. The number of aliphatic hydroxyl groups excluding tert-OH is 1. The van der Waals surface area contributed by atoms with Gasteiger partial charge in [0.15, 0.2) is 5.78 Å². The van der Waals surface area contributed by atoms with Crippen molar-refractivity contribution in [1.82, 2.24) is 0 Å². The molecular formula is C41H69N2O6+. The normalized spacial score (nSPS) is 46.7. The quantitative estimate of drug-likeness (QED) is 0.185. The zero-order chi connectivity index (χ0) is 35.2. The van der Waals surface area contributed by atoms with Gasteiger partial charge in [-0.25, -0.2) is 0 Å². The predicted octanol–water partition coefficient (Wildman–Crippen LogP) is 4.50. The van der Waals surface area contributed by atoms with Gasteiger partial charge in [-0.1, -0.05) is 47.0 Å². The molecule has 0 bridgehead atoms. The van der Waals surface area contributed by atoms with Crippen LogP contribution < -0.4 is 11.1 Å². The van der Waals surface area contributed by atoms with Gasteiger partial charge >= 0.3 is 0 Å². The van der Waals surface area contributed by atoms with Crippen LogP contribution in [0.25, 0.3) is 0 Å². The molecule has 0 radical (unpaired) electrons. The molecule has 49 heavy (non-hydrogen) atoms. The number of piperidine rings is 1. The molecule has 0 amide bonds. The van der Waals surface area contributed by atoms with Gasteiger partial charge in [-0.05, 0) is 137 Å². The highest BCUT2D eigenvalue weighted by Gasteiger charge is 2.74. The van der Waals surface area contributed by atoms with Crippen LogP contribution in [0.5, 0.6) is 0 Å². The lowest BCUT2D eigenvalue weighted by atomic mass is 9.42. The second-order valence-electron chi connectivity index (χ2n) is 19.4. The number of rotatable bonds is 10. The van der Waals surface area contributed by atoms with Crippen LogP contribution in [0.4, 0.5) is 0 Å². The molecule has 8 N–H and O–H groups in total. The fraction of sp³-hybridized carbons (Fsp3) is 0.927. The molecule has 4 saturated carbocycles. The summed E-state index contributed by atoms with van der Waals surface area (Å²) in [5, 5.41) is 51.2. The highest BCUT2D eigenvalue weighted by Crippen LogP contribution is 2.72. The van der Waals surface area contributed by atoms with E-state index in [1.807, 2.05) is 13.0 Å². The molecule has 2 unspecified atom stereocenters. The third-order valence-corrected chi connectivity index (χ3v) is 16.8. The zero-order valence-corrected chi connectivity index (χ0v) is 31.3. The molecule has 2 saturated heterocycles. The number of carbonyl (C=O) groups is 1. The number of epoxide rings is 1. The summed E-state index contributed by atoms with van der Waals surface area (Å²) in [5.74, 6) is 0.906. The Labute approximate surface area is 295 Å². The van der Waals surface area contributed by atoms with Gasteiger partial charge < -0.3 is 30.5 Å². The summed E-state index contributed by atoms with van der Waals surface area (Å²) < 4.78 is 6.45. The molecule has 0 spiro atoms. The molecule has 5 aliphatic carbocycles. The average Bonchev–Trinajstić information content (AvgIpc) is 3.59. The number of carbonyl (C=O) groups excluding carboxylic acids is 1. The number of fused-ring (bicyclic) bond motifs is 5. The van der Waals surface area contributed by atoms with Crippen molar-refractivity contribution in [3.8, 4) is 0 Å². The van der Waals surface area contributed by atoms with E-state index in [1.165, 1.54) is 12.8 Å². The fourth-order valence-electron chi connectivity index (χ4n) is 13.5. The van der Waals surface area contributed by atoms with E-state index in [1.54, 1.807) is 0 Å². The van der Waals surface area contributed by atoms with Crippen molar-refractivity contribution in [3.05, 3.63) is 11.6 Å². The second kappa shape index (κ2) is 12.6. The van der Waals surface area contributed by atoms with Gasteiger partial charge in [0.25, 0.3) is 0 Å². The van der Waals surface area contributed by atoms with Gasteiger partial charge in [-0.3, -0.25) is 10.5 Å². The largest absolute Gasteiger partial charge is 0.393 e. The monoisotopic (exact) mass is 686 g/mol. The Morgan fingerprint density at radius 1 is 0.959 bits per heavy atom. The van der Waals surface area contributed by atoms with Crippen molar-refractivity contribution in [2.45, 2.75) is 185 Å². The first-order valence-corrected chi connectivity index (χ1v) is 20.4. The number of hydrogen-bond donors (Lipinski definition) is 6. The lowest BCUT2D eigenvalue weighted by molar-refractivity contribution is -0.699. The van der Waals surface area contributed by atoms with E-state index in [9.17, 15) is 25.2 Å². The SMILES string of the molecule is CCC[C@](O)([C@@H]1O[C@@H]1[C@](C)(O)C(C)(C)CCC1CC[NH2+]C(N)C1)[C@@H]1CC[C@]2(O)C3=CC(=O)[C@H]4C[C@@H](O)CC[C@]4(C4CCCC4)[C@@H]3CC[C@]12C. The minimum absolute atomic E-state index is 0.110. The third kappa shape index (κ3) is 5.50. The Bertz CT molecular complexity index is 1290. The third-order valence-electron chi connectivity index (χ3n) is 16.8. The topological polar surface area (TPSA) is 153 Å². The standard InChI is InChI=1S/C41H68N2O6/c1-6-16-40(47,35-34(49-35)38(5,46)36(2,3)17-11-25-15-21-43-33(42)22-25)32-14-20-41(48)29-24-31(45)30-23-27(44)12-19-39(30,26-9-7-8-10-26)28(29)13-18-37(32,41)4/h24-28,30,32-35,43-44,46-48H,6-23,42H2,1-5H3/p+1/t25?,27-,28+,30+,32+,33?,34-,35+,37+,38-,39-,40+,41-/m0/s1. The summed E-state index contributed by atoms with van der Waals surface area (Å²) in [5.41, 5.74) is 2.46. The summed E-state index contributed by atoms with van der Waals surface area (Å²) in [6.07, 6.45) is 15.7. The Morgan fingerprint density at radius 2 is 1.69 bits per heavy atom. The molecule has 2 heterocycles. The van der Waals surface area contributed by atoms with Gasteiger partial charge in [0.2, 0.25) is 0 Å². The van der Waals surface area contributed by atoms with E-state index in [4.69, 9.17) is 10.5 Å². The molecule has 7 aliphatic rings. The van der Waals surface area contributed by atoms with E-state index in [0.717, 1.165) is 82.7 Å². The van der Waals surface area contributed by atoms with Crippen molar-refractivity contribution in [1.29, 1.82) is 0 Å². The number of quaternary nitrogens is 1. The van der Waals surface area contributed by atoms with Gasteiger partial charge in [-0.15, -0.1) is 0 Å². The van der Waals surface area contributed by atoms with Crippen LogP contribution in [0.15, 0.2) is 11.6 Å². The van der Waals surface area contributed by atoms with Crippen LogP contribution in [0.3, 0.4) is 0 Å². The molecule has 13 atom stereocenters. The number of ketones is 1. The first-order chi connectivity index (χ1) is 23.0. The molecule has 2 aliphatic heterocycles. The summed E-state index contributed by atoms with van der Waals surface area (Å²) in [4.78, 5) is 14.1. The maximum atomic E-state index is 14.1. The van der Waals surface area contributed by atoms with Crippen molar-refractivity contribution >= 4 is 5.78 Å². The zero-order valence-electron chi connectivity index (χ0n) is 31.3. The molecular weight excluding hydrogens is 616 g/mol. The predicted molar refractivity (Wildman–Crippen MR) is 189 cm³/mol. The van der Waals surface area contributed by atoms with E-state index in [-0.39, 0.29) is 35.1 Å². The van der Waals surface area contributed by atoms with Crippen LogP contribution in [-0.2, 0) is 9.53 Å². The van der Waals surface area contributed by atoms with Crippen LogP contribution in [-0.4, -0.2) is 74.0 Å². The van der Waals surface area contributed by atoms with Gasteiger partial charge in [0, 0.05) is 17.8 Å².